The molecule has 0 saturated carbocycles. The van der Waals surface area contributed by atoms with Crippen LogP contribution in [0.4, 0.5) is 0 Å². The molecule has 0 fully saturated rings. The minimum absolute atomic E-state index is 0.243. The van der Waals surface area contributed by atoms with E-state index in [0.717, 1.165) is 23.3 Å². The molecule has 116 valence electrons. The number of hydrogen-bond donors (Lipinski definition) is 1. The van der Waals surface area contributed by atoms with E-state index in [1.165, 1.54) is 0 Å². The average Bonchev–Trinajstić information content (AvgIpc) is 2.95. The predicted octanol–water partition coefficient (Wildman–Crippen LogP) is 3.70. The molecule has 2 N–H and O–H groups in total. The molecule has 2 heterocycles. The fourth-order valence-electron chi connectivity index (χ4n) is 2.40. The molecule has 0 saturated heterocycles. The summed E-state index contributed by atoms with van der Waals surface area (Å²) in [7, 11) is 0. The fraction of sp³-hybridized carbons (Fsp3) is 0.375. The Bertz CT molecular complexity index is 709. The van der Waals surface area contributed by atoms with E-state index >= 15 is 0 Å². The Kier molecular flexibility index (Phi) is 4.18. The molecular weight excluding hydrogens is 302 g/mol. The Labute approximate surface area is 134 Å². The summed E-state index contributed by atoms with van der Waals surface area (Å²) in [5, 5.41) is 4.68. The van der Waals surface area contributed by atoms with Crippen LogP contribution in [0.3, 0.4) is 0 Å². The third-order valence-electron chi connectivity index (χ3n) is 3.46. The van der Waals surface area contributed by atoms with Crippen LogP contribution in [0, 0.1) is 5.92 Å². The fourth-order valence-corrected chi connectivity index (χ4v) is 2.58. The van der Waals surface area contributed by atoms with Crippen molar-refractivity contribution in [1.29, 1.82) is 0 Å². The third kappa shape index (κ3) is 3.15. The lowest BCUT2D eigenvalue weighted by Gasteiger charge is -2.16. The Hall–Kier alpha value is -1.85. The van der Waals surface area contributed by atoms with Gasteiger partial charge in [-0.15, -0.1) is 0 Å². The average molecular weight is 320 g/mol. The van der Waals surface area contributed by atoms with Gasteiger partial charge in [0, 0.05) is 16.2 Å². The van der Waals surface area contributed by atoms with Crippen LogP contribution < -0.4 is 10.5 Å². The van der Waals surface area contributed by atoms with Crippen LogP contribution in [-0.2, 0) is 0 Å². The van der Waals surface area contributed by atoms with E-state index < -0.39 is 0 Å². The zero-order chi connectivity index (χ0) is 15.7. The first-order valence-corrected chi connectivity index (χ1v) is 7.63. The molecule has 0 radical (unpaired) electrons. The first kappa shape index (κ1) is 15.1. The second kappa shape index (κ2) is 6.10. The minimum Gasteiger partial charge on any atom is -0.488 e. The Morgan fingerprint density at radius 2 is 2.18 bits per heavy atom. The third-order valence-corrected chi connectivity index (χ3v) is 3.69. The molecule has 0 unspecified atom stereocenters. The second-order valence-corrected chi connectivity index (χ2v) is 6.27. The van der Waals surface area contributed by atoms with E-state index in [4.69, 9.17) is 26.6 Å². The number of benzene rings is 1. The van der Waals surface area contributed by atoms with Crippen LogP contribution in [-0.4, -0.2) is 16.7 Å². The lowest BCUT2D eigenvalue weighted by atomic mass is 10.0. The highest BCUT2D eigenvalue weighted by Gasteiger charge is 2.20. The van der Waals surface area contributed by atoms with Crippen molar-refractivity contribution in [1.82, 2.24) is 10.1 Å². The molecule has 1 aromatic carbocycles. The van der Waals surface area contributed by atoms with Gasteiger partial charge in [0.15, 0.2) is 0 Å². The van der Waals surface area contributed by atoms with Gasteiger partial charge < -0.3 is 15.0 Å². The monoisotopic (exact) mass is 319 g/mol. The topological polar surface area (TPSA) is 74.2 Å². The quantitative estimate of drug-likeness (QED) is 0.930. The molecule has 22 heavy (non-hydrogen) atoms. The van der Waals surface area contributed by atoms with Gasteiger partial charge in [0.05, 0.1) is 6.04 Å². The normalized spacial score (nSPS) is 15.2. The number of nitrogens with two attached hydrogens (primary N) is 1. The van der Waals surface area contributed by atoms with Crippen LogP contribution in [0.2, 0.25) is 5.02 Å². The second-order valence-electron chi connectivity index (χ2n) is 5.83. The number of ether oxygens (including phenoxy) is 1. The van der Waals surface area contributed by atoms with Gasteiger partial charge in [0.2, 0.25) is 11.7 Å². The van der Waals surface area contributed by atoms with Crippen molar-refractivity contribution in [3.05, 3.63) is 40.5 Å². The molecule has 0 aliphatic carbocycles. The van der Waals surface area contributed by atoms with Crippen LogP contribution in [0.25, 0.3) is 11.6 Å². The van der Waals surface area contributed by atoms with Crippen molar-refractivity contribution < 1.29 is 9.26 Å². The summed E-state index contributed by atoms with van der Waals surface area (Å²) in [6.07, 6.45) is 2.77. The van der Waals surface area contributed by atoms with Gasteiger partial charge in [-0.2, -0.15) is 4.98 Å². The molecule has 1 aliphatic rings. The minimum atomic E-state index is -0.243. The highest BCUT2D eigenvalue weighted by atomic mass is 35.5. The highest BCUT2D eigenvalue weighted by Crippen LogP contribution is 2.31. The van der Waals surface area contributed by atoms with E-state index in [2.05, 4.69) is 24.0 Å². The predicted molar refractivity (Wildman–Crippen MR) is 85.5 cm³/mol. The summed E-state index contributed by atoms with van der Waals surface area (Å²) in [5.41, 5.74) is 7.83. The van der Waals surface area contributed by atoms with Gasteiger partial charge in [-0.3, -0.25) is 0 Å². The number of aromatic nitrogens is 2. The molecule has 3 rings (SSSR count). The SMILES string of the molecule is CC(C)C[C@@H](N)c1nc(C2=Cc3cc(Cl)ccc3OC2)no1. The molecule has 1 atom stereocenters. The first-order chi connectivity index (χ1) is 10.5. The first-order valence-electron chi connectivity index (χ1n) is 7.25. The van der Waals surface area contributed by atoms with Gasteiger partial charge >= 0.3 is 0 Å². The number of nitrogens with zero attached hydrogens (tertiary/aromatic N) is 2. The lowest BCUT2D eigenvalue weighted by Crippen LogP contribution is -2.13. The molecule has 5 nitrogen and oxygen atoms in total. The van der Waals surface area contributed by atoms with Crippen molar-refractivity contribution >= 4 is 23.3 Å². The molecule has 6 heteroatoms. The summed E-state index contributed by atoms with van der Waals surface area (Å²) in [6, 6.07) is 5.26. The summed E-state index contributed by atoms with van der Waals surface area (Å²) in [6.45, 7) is 4.61. The Morgan fingerprint density at radius 3 is 2.95 bits per heavy atom. The maximum atomic E-state index is 6.07. The number of rotatable bonds is 4. The van der Waals surface area contributed by atoms with E-state index in [-0.39, 0.29) is 6.04 Å². The van der Waals surface area contributed by atoms with Gasteiger partial charge in [0.25, 0.3) is 0 Å². The zero-order valence-electron chi connectivity index (χ0n) is 12.5. The summed E-state index contributed by atoms with van der Waals surface area (Å²) >= 11 is 6.01. The molecule has 0 bridgehead atoms. The molecule has 0 amide bonds. The van der Waals surface area contributed by atoms with Crippen molar-refractivity contribution in [2.45, 2.75) is 26.3 Å². The summed E-state index contributed by atoms with van der Waals surface area (Å²) in [4.78, 5) is 4.40. The number of halogens is 1. The van der Waals surface area contributed by atoms with Crippen LogP contribution in [0.15, 0.2) is 22.7 Å². The standard InChI is InChI=1S/C16H18ClN3O2/c1-9(2)5-13(18)16-19-15(20-22-16)11-6-10-7-12(17)3-4-14(10)21-8-11/h3-4,6-7,9,13H,5,8,18H2,1-2H3/t13-/m1/s1. The maximum absolute atomic E-state index is 6.07. The largest absolute Gasteiger partial charge is 0.488 e. The molecule has 2 aromatic rings. The lowest BCUT2D eigenvalue weighted by molar-refractivity contribution is 0.332. The van der Waals surface area contributed by atoms with E-state index in [1.807, 2.05) is 18.2 Å². The molecule has 1 aromatic heterocycles. The van der Waals surface area contributed by atoms with Gasteiger partial charge in [-0.25, -0.2) is 0 Å². The summed E-state index contributed by atoms with van der Waals surface area (Å²) in [5.74, 6) is 2.24. The van der Waals surface area contributed by atoms with Crippen molar-refractivity contribution in [2.24, 2.45) is 11.7 Å². The Balaban J connectivity index is 1.85. The van der Waals surface area contributed by atoms with E-state index in [0.29, 0.717) is 29.3 Å². The number of fused-ring (bicyclic) bond motifs is 1. The van der Waals surface area contributed by atoms with E-state index in [9.17, 15) is 0 Å². The van der Waals surface area contributed by atoms with Crippen molar-refractivity contribution in [3.63, 3.8) is 0 Å². The number of hydrogen-bond acceptors (Lipinski definition) is 5. The maximum Gasteiger partial charge on any atom is 0.243 e. The zero-order valence-corrected chi connectivity index (χ0v) is 13.3. The van der Waals surface area contributed by atoms with Crippen LogP contribution >= 0.6 is 11.6 Å². The highest BCUT2D eigenvalue weighted by molar-refractivity contribution is 6.30. The van der Waals surface area contributed by atoms with Crippen LogP contribution in [0.1, 0.15) is 43.6 Å². The van der Waals surface area contributed by atoms with Gasteiger partial charge in [-0.05, 0) is 36.6 Å². The Morgan fingerprint density at radius 1 is 1.36 bits per heavy atom. The molecule has 0 spiro atoms. The van der Waals surface area contributed by atoms with E-state index in [1.54, 1.807) is 6.07 Å². The van der Waals surface area contributed by atoms with Gasteiger partial charge in [-0.1, -0.05) is 30.6 Å². The van der Waals surface area contributed by atoms with Crippen molar-refractivity contribution in [2.75, 3.05) is 6.61 Å². The smallest absolute Gasteiger partial charge is 0.243 e. The van der Waals surface area contributed by atoms with Gasteiger partial charge in [0.1, 0.15) is 12.4 Å². The molecular formula is C16H18ClN3O2. The van der Waals surface area contributed by atoms with Crippen molar-refractivity contribution in [3.8, 4) is 5.75 Å². The molecule has 1 aliphatic heterocycles. The summed E-state index contributed by atoms with van der Waals surface area (Å²) < 4.78 is 11.0. The van der Waals surface area contributed by atoms with Crippen LogP contribution in [0.5, 0.6) is 5.75 Å².